The van der Waals surface area contributed by atoms with E-state index < -0.39 is 5.97 Å². The summed E-state index contributed by atoms with van der Waals surface area (Å²) in [6, 6.07) is 12.1. The summed E-state index contributed by atoms with van der Waals surface area (Å²) in [6.45, 7) is 2.68. The maximum Gasteiger partial charge on any atom is 0.355 e. The van der Waals surface area contributed by atoms with Crippen LogP contribution in [-0.2, 0) is 13.6 Å². The van der Waals surface area contributed by atoms with Gasteiger partial charge in [-0.3, -0.25) is 9.48 Å². The number of halogens is 1. The lowest BCUT2D eigenvalue weighted by Gasteiger charge is -2.30. The van der Waals surface area contributed by atoms with Gasteiger partial charge >= 0.3 is 5.97 Å². The molecule has 3 N–H and O–H groups in total. The number of carbonyl (C=O) groups excluding carboxylic acids is 1. The monoisotopic (exact) mass is 430 g/mol. The Balaban J connectivity index is 0.000000172. The molecule has 1 aliphatic heterocycles. The van der Waals surface area contributed by atoms with E-state index in [2.05, 4.69) is 22.2 Å². The van der Waals surface area contributed by atoms with Gasteiger partial charge in [0.2, 0.25) is 5.28 Å². The van der Waals surface area contributed by atoms with Gasteiger partial charge in [0, 0.05) is 38.4 Å². The van der Waals surface area contributed by atoms with Gasteiger partial charge in [0.05, 0.1) is 12.2 Å². The van der Waals surface area contributed by atoms with Crippen molar-refractivity contribution in [3.05, 3.63) is 59.3 Å². The highest BCUT2D eigenvalue weighted by molar-refractivity contribution is 6.29. The molecule has 1 aliphatic rings. The van der Waals surface area contributed by atoms with Crippen molar-refractivity contribution in [2.24, 2.45) is 12.8 Å². The van der Waals surface area contributed by atoms with Crippen LogP contribution in [0.4, 0.5) is 0 Å². The molecule has 3 heterocycles. The van der Waals surface area contributed by atoms with E-state index in [4.69, 9.17) is 22.4 Å². The molecule has 0 unspecified atom stereocenters. The molecular formula is C20H23ClN6O3. The summed E-state index contributed by atoms with van der Waals surface area (Å²) in [4.78, 5) is 28.2. The molecular weight excluding hydrogens is 408 g/mol. The summed E-state index contributed by atoms with van der Waals surface area (Å²) in [5, 5.41) is 13.4. The number of carbonyl (C=O) groups is 2. The van der Waals surface area contributed by atoms with E-state index in [1.165, 1.54) is 11.6 Å². The Morgan fingerprint density at radius 2 is 1.90 bits per heavy atom. The number of amides is 1. The molecule has 1 aromatic carbocycles. The molecule has 0 aliphatic carbocycles. The molecule has 1 amide bonds. The lowest BCUT2D eigenvalue weighted by atomic mass is 10.2. The molecule has 3 aromatic rings. The number of carboxylic acids is 1. The number of aromatic carboxylic acids is 1. The first kappa shape index (κ1) is 21.5. The van der Waals surface area contributed by atoms with Crippen LogP contribution in [0.2, 0.25) is 5.28 Å². The molecule has 1 saturated heterocycles. The van der Waals surface area contributed by atoms with Gasteiger partial charge in [-0.25, -0.2) is 9.78 Å². The van der Waals surface area contributed by atoms with Gasteiger partial charge in [0.15, 0.2) is 11.4 Å². The van der Waals surface area contributed by atoms with Crippen molar-refractivity contribution in [1.82, 2.24) is 24.2 Å². The van der Waals surface area contributed by atoms with Crippen LogP contribution in [0.3, 0.4) is 0 Å². The molecule has 1 fully saturated rings. The quantitative estimate of drug-likeness (QED) is 0.639. The van der Waals surface area contributed by atoms with Crippen LogP contribution in [0.1, 0.15) is 27.4 Å². The first-order chi connectivity index (χ1) is 14.4. The molecule has 0 atom stereocenters. The summed E-state index contributed by atoms with van der Waals surface area (Å²) < 4.78 is 3.05. The van der Waals surface area contributed by atoms with Crippen LogP contribution in [-0.4, -0.2) is 60.8 Å². The molecule has 2 aromatic heterocycles. The highest BCUT2D eigenvalue weighted by atomic mass is 35.5. The van der Waals surface area contributed by atoms with Crippen LogP contribution in [0.5, 0.6) is 0 Å². The van der Waals surface area contributed by atoms with Gasteiger partial charge in [-0.05, 0) is 24.1 Å². The van der Waals surface area contributed by atoms with E-state index in [1.54, 1.807) is 4.90 Å². The van der Waals surface area contributed by atoms with Gasteiger partial charge in [-0.15, -0.1) is 0 Å². The van der Waals surface area contributed by atoms with Crippen molar-refractivity contribution < 1.29 is 14.7 Å². The predicted molar refractivity (Wildman–Crippen MR) is 112 cm³/mol. The second kappa shape index (κ2) is 9.55. The standard InChI is InChI=1S/C11H13N3.C9H10ClN3O3/c12-7-9-14-8-6-11(13-14)10-4-2-1-3-5-10;1-12-6(8(15)16)5(11-9(12)10)7(14)13-3-2-4-13/h1-6,8H,7,9,12H2;2-4H2,1H3,(H,15,16). The zero-order valence-corrected chi connectivity index (χ0v) is 17.3. The van der Waals surface area contributed by atoms with E-state index in [0.29, 0.717) is 19.6 Å². The molecule has 158 valence electrons. The molecule has 0 saturated carbocycles. The van der Waals surface area contributed by atoms with E-state index in [-0.39, 0.29) is 22.6 Å². The highest BCUT2D eigenvalue weighted by Crippen LogP contribution is 2.19. The van der Waals surface area contributed by atoms with Crippen molar-refractivity contribution in [2.45, 2.75) is 13.0 Å². The number of aromatic nitrogens is 4. The summed E-state index contributed by atoms with van der Waals surface area (Å²) >= 11 is 5.71. The normalized spacial score (nSPS) is 12.7. The number of carboxylic acid groups (broad SMARTS) is 1. The molecule has 9 nitrogen and oxygen atoms in total. The minimum Gasteiger partial charge on any atom is -0.476 e. The van der Waals surface area contributed by atoms with Crippen molar-refractivity contribution >= 4 is 23.5 Å². The van der Waals surface area contributed by atoms with E-state index >= 15 is 0 Å². The second-order valence-corrected chi connectivity index (χ2v) is 7.04. The molecule has 4 rings (SSSR count). The van der Waals surface area contributed by atoms with Crippen LogP contribution in [0.25, 0.3) is 11.3 Å². The Morgan fingerprint density at radius 1 is 1.20 bits per heavy atom. The second-order valence-electron chi connectivity index (χ2n) is 6.71. The third kappa shape index (κ3) is 4.69. The predicted octanol–water partition coefficient (Wildman–Crippen LogP) is 2.13. The topological polar surface area (TPSA) is 119 Å². The van der Waals surface area contributed by atoms with Crippen molar-refractivity contribution in [3.63, 3.8) is 0 Å². The fourth-order valence-electron chi connectivity index (χ4n) is 2.92. The van der Waals surface area contributed by atoms with Crippen LogP contribution in [0.15, 0.2) is 42.6 Å². The average molecular weight is 431 g/mol. The molecule has 0 radical (unpaired) electrons. The zero-order valence-electron chi connectivity index (χ0n) is 16.5. The molecule has 0 bridgehead atoms. The molecule has 10 heteroatoms. The van der Waals surface area contributed by atoms with Crippen molar-refractivity contribution in [1.29, 1.82) is 0 Å². The highest BCUT2D eigenvalue weighted by Gasteiger charge is 2.30. The number of hydrogen-bond donors (Lipinski definition) is 2. The van der Waals surface area contributed by atoms with Gasteiger partial charge in [-0.1, -0.05) is 30.3 Å². The SMILES string of the molecule is Cn1c(Cl)nc(C(=O)N2CCC2)c1C(=O)O.NCCn1ccc(-c2ccccc2)n1. The Labute approximate surface area is 178 Å². The average Bonchev–Trinajstić information content (AvgIpc) is 3.27. The van der Waals surface area contributed by atoms with Gasteiger partial charge in [-0.2, -0.15) is 5.10 Å². The fraction of sp³-hybridized carbons (Fsp3) is 0.300. The van der Waals surface area contributed by atoms with E-state index in [9.17, 15) is 9.59 Å². The maximum absolute atomic E-state index is 11.8. The number of likely N-dealkylation sites (tertiary alicyclic amines) is 1. The number of imidazole rings is 1. The van der Waals surface area contributed by atoms with Gasteiger partial charge < -0.3 is 20.3 Å². The van der Waals surface area contributed by atoms with E-state index in [0.717, 1.165) is 24.2 Å². The van der Waals surface area contributed by atoms with Crippen molar-refractivity contribution in [3.8, 4) is 11.3 Å². The van der Waals surface area contributed by atoms with Crippen LogP contribution < -0.4 is 5.73 Å². The zero-order chi connectivity index (χ0) is 21.7. The number of benzene rings is 1. The maximum atomic E-state index is 11.8. The number of nitrogens with two attached hydrogens (primary N) is 1. The number of hydrogen-bond acceptors (Lipinski definition) is 5. The summed E-state index contributed by atoms with van der Waals surface area (Å²) in [5.41, 5.74) is 7.34. The first-order valence-electron chi connectivity index (χ1n) is 9.46. The Bertz CT molecular complexity index is 1030. The van der Waals surface area contributed by atoms with Gasteiger partial charge in [0.25, 0.3) is 5.91 Å². The first-order valence-corrected chi connectivity index (χ1v) is 9.84. The van der Waals surface area contributed by atoms with Crippen LogP contribution in [0, 0.1) is 0 Å². The van der Waals surface area contributed by atoms with Crippen LogP contribution >= 0.6 is 11.6 Å². The lowest BCUT2D eigenvalue weighted by molar-refractivity contribution is 0.0617. The van der Waals surface area contributed by atoms with Crippen molar-refractivity contribution in [2.75, 3.05) is 19.6 Å². The minimum absolute atomic E-state index is 0.00118. The summed E-state index contributed by atoms with van der Waals surface area (Å²) in [6.07, 6.45) is 2.89. The Morgan fingerprint density at radius 3 is 2.47 bits per heavy atom. The van der Waals surface area contributed by atoms with Gasteiger partial charge in [0.1, 0.15) is 0 Å². The molecule has 0 spiro atoms. The lowest BCUT2D eigenvalue weighted by Crippen LogP contribution is -2.42. The smallest absolute Gasteiger partial charge is 0.355 e. The number of rotatable bonds is 5. The van der Waals surface area contributed by atoms with E-state index in [1.807, 2.05) is 35.1 Å². The minimum atomic E-state index is -1.20. The summed E-state index contributed by atoms with van der Waals surface area (Å²) in [5.74, 6) is -1.57. The molecule has 30 heavy (non-hydrogen) atoms. The third-order valence-electron chi connectivity index (χ3n) is 4.66. The summed E-state index contributed by atoms with van der Waals surface area (Å²) in [7, 11) is 1.46. The number of nitrogens with zero attached hydrogens (tertiary/aromatic N) is 5. The fourth-order valence-corrected chi connectivity index (χ4v) is 3.08. The Hall–Kier alpha value is -3.17. The third-order valence-corrected chi connectivity index (χ3v) is 5.00. The Kier molecular flexibility index (Phi) is 6.86. The largest absolute Gasteiger partial charge is 0.476 e.